The Bertz CT molecular complexity index is 1560. The fraction of sp³-hybridized carbons (Fsp3) is 0.686. The van der Waals surface area contributed by atoms with Gasteiger partial charge in [0.1, 0.15) is 17.9 Å². The van der Waals surface area contributed by atoms with E-state index in [1.807, 2.05) is 27.7 Å². The monoisotopic (exact) mass is 717 g/mol. The third-order valence-electron chi connectivity index (χ3n) is 10.6. The molecule has 3 atom stereocenters. The summed E-state index contributed by atoms with van der Waals surface area (Å²) in [4.78, 5) is 29.0. The van der Waals surface area contributed by atoms with E-state index in [9.17, 15) is 17.6 Å². The minimum absolute atomic E-state index is 0.0773. The molecular formula is C35H52FN7O6S. The van der Waals surface area contributed by atoms with Gasteiger partial charge in [0.05, 0.1) is 37.1 Å². The zero-order valence-electron chi connectivity index (χ0n) is 29.7. The minimum Gasteiger partial charge on any atom is -0.451 e. The second-order valence-corrected chi connectivity index (χ2v) is 16.1. The summed E-state index contributed by atoms with van der Waals surface area (Å²) in [5.74, 6) is 0.537. The molecule has 0 saturated carbocycles. The second kappa shape index (κ2) is 15.7. The third kappa shape index (κ3) is 8.23. The number of nitrogens with one attached hydrogen (secondary N) is 1. The summed E-state index contributed by atoms with van der Waals surface area (Å²) >= 11 is 0. The first-order chi connectivity index (χ1) is 24.0. The van der Waals surface area contributed by atoms with Gasteiger partial charge in [0.15, 0.2) is 11.6 Å². The summed E-state index contributed by atoms with van der Waals surface area (Å²) in [6.07, 6.45) is 7.62. The van der Waals surface area contributed by atoms with Crippen molar-refractivity contribution in [3.63, 3.8) is 0 Å². The summed E-state index contributed by atoms with van der Waals surface area (Å²) in [5, 5.41) is 0. The number of amides is 1. The molecule has 0 aliphatic carbocycles. The van der Waals surface area contributed by atoms with E-state index < -0.39 is 16.0 Å². The molecule has 1 unspecified atom stereocenters. The van der Waals surface area contributed by atoms with Crippen molar-refractivity contribution >= 4 is 21.9 Å². The number of anilines is 1. The van der Waals surface area contributed by atoms with Crippen LogP contribution in [-0.4, -0.2) is 128 Å². The number of likely N-dealkylation sites (tertiary alicyclic amines) is 1. The summed E-state index contributed by atoms with van der Waals surface area (Å²) in [6.45, 7) is 14.4. The van der Waals surface area contributed by atoms with E-state index in [1.54, 1.807) is 11.1 Å². The standard InChI is InChI=1S/C35H52FN7O6S/c1-5-42(6-2)50(45,46)39-27-8-9-29(48-20-27)19-40-14-12-35(13-15-40)22-41(23-35)33-32(18-37-24-38-33)49-31-10-7-26(36)17-30(31)34(44)43(25(3)4)28-11-16-47-21-28/h7,10,17-18,24-25,27-29,39H,5-6,8-9,11-16,19-23H2,1-4H3/t27-,28?,29+/m1/s1. The van der Waals surface area contributed by atoms with Crippen molar-refractivity contribution < 1.29 is 31.8 Å². The highest BCUT2D eigenvalue weighted by atomic mass is 32.2. The maximum absolute atomic E-state index is 14.5. The summed E-state index contributed by atoms with van der Waals surface area (Å²) in [6, 6.07) is 3.66. The first-order valence-corrected chi connectivity index (χ1v) is 19.5. The van der Waals surface area contributed by atoms with Crippen LogP contribution in [0, 0.1) is 11.2 Å². The fourth-order valence-corrected chi connectivity index (χ4v) is 9.25. The van der Waals surface area contributed by atoms with Crippen molar-refractivity contribution in [2.45, 2.75) is 84.0 Å². The van der Waals surface area contributed by atoms with E-state index in [0.29, 0.717) is 44.5 Å². The summed E-state index contributed by atoms with van der Waals surface area (Å²) in [5.41, 5.74) is 0.337. The quantitative estimate of drug-likeness (QED) is 0.328. The molecule has 1 spiro atoms. The van der Waals surface area contributed by atoms with E-state index in [0.717, 1.165) is 64.8 Å². The number of ether oxygens (including phenoxy) is 3. The molecule has 50 heavy (non-hydrogen) atoms. The number of aromatic nitrogens is 2. The van der Waals surface area contributed by atoms with E-state index in [4.69, 9.17) is 14.2 Å². The average Bonchev–Trinajstić information content (AvgIpc) is 3.61. The first kappa shape index (κ1) is 36.8. The molecule has 1 amide bonds. The highest BCUT2D eigenvalue weighted by Gasteiger charge is 2.46. The molecule has 276 valence electrons. The number of hydrogen-bond acceptors (Lipinski definition) is 10. The summed E-state index contributed by atoms with van der Waals surface area (Å²) < 4.78 is 62.0. The van der Waals surface area contributed by atoms with Crippen LogP contribution in [0.15, 0.2) is 30.7 Å². The van der Waals surface area contributed by atoms with Crippen LogP contribution in [0.1, 0.15) is 70.2 Å². The van der Waals surface area contributed by atoms with Crippen LogP contribution >= 0.6 is 0 Å². The lowest BCUT2D eigenvalue weighted by Gasteiger charge is -2.54. The number of carbonyl (C=O) groups excluding carboxylic acids is 1. The lowest BCUT2D eigenvalue weighted by molar-refractivity contribution is -0.0301. The minimum atomic E-state index is -3.50. The van der Waals surface area contributed by atoms with Gasteiger partial charge in [-0.15, -0.1) is 0 Å². The van der Waals surface area contributed by atoms with Crippen LogP contribution in [0.2, 0.25) is 0 Å². The molecule has 0 radical (unpaired) electrons. The molecule has 13 nitrogen and oxygen atoms in total. The fourth-order valence-electron chi connectivity index (χ4n) is 7.82. The lowest BCUT2D eigenvalue weighted by atomic mass is 9.72. The van der Waals surface area contributed by atoms with Crippen molar-refractivity contribution in [1.82, 2.24) is 28.8 Å². The smallest absolute Gasteiger partial charge is 0.279 e. The van der Waals surface area contributed by atoms with Gasteiger partial charge in [-0.25, -0.2) is 14.4 Å². The molecule has 1 aromatic carbocycles. The van der Waals surface area contributed by atoms with Crippen LogP contribution in [0.25, 0.3) is 0 Å². The zero-order chi connectivity index (χ0) is 35.5. The number of hydrogen-bond donors (Lipinski definition) is 1. The molecule has 4 aliphatic heterocycles. The number of nitrogens with zero attached hydrogens (tertiary/aromatic N) is 6. The topological polar surface area (TPSA) is 130 Å². The number of benzene rings is 1. The molecule has 1 aromatic heterocycles. The highest BCUT2D eigenvalue weighted by Crippen LogP contribution is 2.45. The Hall–Kier alpha value is -2.95. The van der Waals surface area contributed by atoms with E-state index in [1.165, 1.54) is 28.8 Å². The lowest BCUT2D eigenvalue weighted by Crippen LogP contribution is -2.61. The molecule has 0 bridgehead atoms. The highest BCUT2D eigenvalue weighted by molar-refractivity contribution is 7.87. The van der Waals surface area contributed by atoms with Crippen molar-refractivity contribution in [1.29, 1.82) is 0 Å². The van der Waals surface area contributed by atoms with Crippen LogP contribution in [-0.2, 0) is 19.7 Å². The predicted octanol–water partition coefficient (Wildman–Crippen LogP) is 3.67. The second-order valence-electron chi connectivity index (χ2n) is 14.4. The Labute approximate surface area is 295 Å². The Balaban J connectivity index is 1.02. The Morgan fingerprint density at radius 2 is 1.88 bits per heavy atom. The SMILES string of the molecule is CCN(CC)S(=O)(=O)N[C@@H]1CC[C@@H](CN2CCC3(CC2)CN(c2ncncc2Oc2ccc(F)cc2C(=O)N(C(C)C)C2CCOC2)C3)OC1. The van der Waals surface area contributed by atoms with Gasteiger partial charge in [0, 0.05) is 56.8 Å². The van der Waals surface area contributed by atoms with Gasteiger partial charge in [-0.1, -0.05) is 13.8 Å². The van der Waals surface area contributed by atoms with Crippen molar-refractivity contribution in [3.8, 4) is 11.5 Å². The molecule has 4 saturated heterocycles. The average molecular weight is 718 g/mol. The van der Waals surface area contributed by atoms with Crippen LogP contribution < -0.4 is 14.4 Å². The number of piperidine rings is 1. The van der Waals surface area contributed by atoms with Gasteiger partial charge >= 0.3 is 0 Å². The molecule has 4 fully saturated rings. The molecule has 2 aromatic rings. The van der Waals surface area contributed by atoms with E-state index in [-0.39, 0.29) is 46.9 Å². The van der Waals surface area contributed by atoms with Crippen LogP contribution in [0.5, 0.6) is 11.5 Å². The molecular weight excluding hydrogens is 665 g/mol. The normalized spacial score (nSPS) is 24.1. The molecule has 4 aliphatic rings. The number of carbonyl (C=O) groups is 1. The van der Waals surface area contributed by atoms with E-state index in [2.05, 4.69) is 24.5 Å². The number of halogens is 1. The number of rotatable bonds is 13. The summed E-state index contributed by atoms with van der Waals surface area (Å²) in [7, 11) is -3.50. The molecule has 1 N–H and O–H groups in total. The van der Waals surface area contributed by atoms with Crippen molar-refractivity contribution in [2.24, 2.45) is 5.41 Å². The molecule has 5 heterocycles. The maximum Gasteiger partial charge on any atom is 0.279 e. The molecule has 15 heteroatoms. The van der Waals surface area contributed by atoms with Gasteiger partial charge in [-0.2, -0.15) is 17.4 Å². The Kier molecular flexibility index (Phi) is 11.6. The van der Waals surface area contributed by atoms with Gasteiger partial charge in [-0.05, 0) is 77.2 Å². The van der Waals surface area contributed by atoms with Crippen LogP contribution in [0.4, 0.5) is 10.2 Å². The Morgan fingerprint density at radius 1 is 1.12 bits per heavy atom. The maximum atomic E-state index is 14.5. The first-order valence-electron chi connectivity index (χ1n) is 18.0. The van der Waals surface area contributed by atoms with Gasteiger partial charge in [-0.3, -0.25) is 4.79 Å². The van der Waals surface area contributed by atoms with Crippen molar-refractivity contribution in [3.05, 3.63) is 42.1 Å². The molecule has 6 rings (SSSR count). The largest absolute Gasteiger partial charge is 0.451 e. The Morgan fingerprint density at radius 3 is 2.52 bits per heavy atom. The van der Waals surface area contributed by atoms with Crippen LogP contribution in [0.3, 0.4) is 0 Å². The van der Waals surface area contributed by atoms with Gasteiger partial charge in [0.25, 0.3) is 16.1 Å². The van der Waals surface area contributed by atoms with E-state index >= 15 is 0 Å². The predicted molar refractivity (Wildman–Crippen MR) is 187 cm³/mol. The van der Waals surface area contributed by atoms with Crippen molar-refractivity contribution in [2.75, 3.05) is 70.5 Å². The zero-order valence-corrected chi connectivity index (χ0v) is 30.5. The third-order valence-corrected chi connectivity index (χ3v) is 12.4. The van der Waals surface area contributed by atoms with Gasteiger partial charge < -0.3 is 28.9 Å². The van der Waals surface area contributed by atoms with Gasteiger partial charge in [0.2, 0.25) is 0 Å².